The van der Waals surface area contributed by atoms with E-state index < -0.39 is 11.0 Å². The van der Waals surface area contributed by atoms with Gasteiger partial charge in [0.2, 0.25) is 0 Å². The maximum absolute atomic E-state index is 11.6. The van der Waals surface area contributed by atoms with Gasteiger partial charge in [-0.15, -0.1) is 0 Å². The number of amides is 1. The molecule has 6 heteroatoms. The van der Waals surface area contributed by atoms with E-state index in [9.17, 15) is 14.9 Å². The molecule has 2 rings (SSSR count). The van der Waals surface area contributed by atoms with E-state index in [0.717, 1.165) is 11.1 Å². The predicted octanol–water partition coefficient (Wildman–Crippen LogP) is 3.84. The van der Waals surface area contributed by atoms with Gasteiger partial charge in [0.15, 0.2) is 0 Å². The lowest BCUT2D eigenvalue weighted by molar-refractivity contribution is -0.385. The van der Waals surface area contributed by atoms with Gasteiger partial charge in [0.1, 0.15) is 6.61 Å². The van der Waals surface area contributed by atoms with Crippen LogP contribution in [0, 0.1) is 17.0 Å². The summed E-state index contributed by atoms with van der Waals surface area (Å²) in [4.78, 5) is 21.9. The van der Waals surface area contributed by atoms with Gasteiger partial charge in [-0.25, -0.2) is 4.79 Å². The molecule has 0 aliphatic rings. The predicted molar refractivity (Wildman–Crippen MR) is 91.5 cm³/mol. The number of aryl methyl sites for hydroxylation is 1. The number of benzene rings is 2. The molecule has 0 atom stereocenters. The van der Waals surface area contributed by atoms with Gasteiger partial charge in [0, 0.05) is 18.2 Å². The van der Waals surface area contributed by atoms with Gasteiger partial charge in [-0.1, -0.05) is 42.5 Å². The third kappa shape index (κ3) is 5.24. The first-order chi connectivity index (χ1) is 11.6. The molecule has 0 spiro atoms. The van der Waals surface area contributed by atoms with E-state index in [1.165, 1.54) is 6.07 Å². The SMILES string of the molecule is Cc1cc(C=CCNC(=O)OCc2ccccc2)ccc1[N+](=O)[O-]. The Morgan fingerprint density at radius 3 is 2.67 bits per heavy atom. The third-order valence-electron chi connectivity index (χ3n) is 3.30. The van der Waals surface area contributed by atoms with Crippen LogP contribution in [0.2, 0.25) is 0 Å². The zero-order valence-corrected chi connectivity index (χ0v) is 13.3. The van der Waals surface area contributed by atoms with Crippen molar-refractivity contribution in [3.05, 3.63) is 81.4 Å². The molecule has 0 aliphatic carbocycles. The number of carbonyl (C=O) groups excluding carboxylic acids is 1. The van der Waals surface area contributed by atoms with Crippen LogP contribution >= 0.6 is 0 Å². The Morgan fingerprint density at radius 1 is 1.25 bits per heavy atom. The normalized spacial score (nSPS) is 10.5. The number of nitrogens with zero attached hydrogens (tertiary/aromatic N) is 1. The summed E-state index contributed by atoms with van der Waals surface area (Å²) in [6.45, 7) is 2.22. The van der Waals surface area contributed by atoms with Gasteiger partial charge in [-0.3, -0.25) is 10.1 Å². The second kappa shape index (κ2) is 8.47. The van der Waals surface area contributed by atoms with Crippen LogP contribution in [-0.2, 0) is 11.3 Å². The van der Waals surface area contributed by atoms with E-state index in [1.807, 2.05) is 30.3 Å². The first kappa shape index (κ1) is 17.2. The lowest BCUT2D eigenvalue weighted by atomic mass is 10.1. The van der Waals surface area contributed by atoms with Crippen molar-refractivity contribution in [3.8, 4) is 0 Å². The number of rotatable bonds is 6. The van der Waals surface area contributed by atoms with Crippen molar-refractivity contribution in [2.45, 2.75) is 13.5 Å². The second-order valence-electron chi connectivity index (χ2n) is 5.15. The fourth-order valence-electron chi connectivity index (χ4n) is 2.10. The summed E-state index contributed by atoms with van der Waals surface area (Å²) in [5.74, 6) is 0. The maximum Gasteiger partial charge on any atom is 0.407 e. The first-order valence-electron chi connectivity index (χ1n) is 7.42. The van der Waals surface area contributed by atoms with Crippen LogP contribution in [-0.4, -0.2) is 17.6 Å². The van der Waals surface area contributed by atoms with Crippen molar-refractivity contribution in [1.29, 1.82) is 0 Å². The summed E-state index contributed by atoms with van der Waals surface area (Å²) in [6.07, 6.45) is 3.04. The number of nitro benzene ring substituents is 1. The number of hydrogen-bond donors (Lipinski definition) is 1. The molecule has 2 aromatic carbocycles. The molecule has 6 nitrogen and oxygen atoms in total. The van der Waals surface area contributed by atoms with Crippen LogP contribution in [0.5, 0.6) is 0 Å². The largest absolute Gasteiger partial charge is 0.445 e. The molecule has 0 saturated carbocycles. The summed E-state index contributed by atoms with van der Waals surface area (Å²) >= 11 is 0. The van der Waals surface area contributed by atoms with Crippen LogP contribution in [0.4, 0.5) is 10.5 Å². The van der Waals surface area contributed by atoms with Crippen LogP contribution < -0.4 is 5.32 Å². The van der Waals surface area contributed by atoms with E-state index in [-0.39, 0.29) is 12.3 Å². The fourth-order valence-corrected chi connectivity index (χ4v) is 2.10. The maximum atomic E-state index is 11.6. The Kier molecular flexibility index (Phi) is 6.08. The minimum absolute atomic E-state index is 0.0924. The Bertz CT molecular complexity index is 742. The van der Waals surface area contributed by atoms with Crippen LogP contribution in [0.25, 0.3) is 6.08 Å². The molecule has 0 bridgehead atoms. The highest BCUT2D eigenvalue weighted by Gasteiger charge is 2.08. The Balaban J connectivity index is 1.77. The smallest absolute Gasteiger partial charge is 0.407 e. The van der Waals surface area contributed by atoms with Gasteiger partial charge < -0.3 is 10.1 Å². The Labute approximate surface area is 139 Å². The zero-order chi connectivity index (χ0) is 17.4. The number of ether oxygens (including phenoxy) is 1. The Morgan fingerprint density at radius 2 is 2.00 bits per heavy atom. The molecule has 0 aliphatic heterocycles. The molecule has 0 saturated heterocycles. The molecule has 2 aromatic rings. The molecule has 0 radical (unpaired) electrons. The van der Waals surface area contributed by atoms with Gasteiger partial charge in [-0.05, 0) is 30.2 Å². The fraction of sp³-hybridized carbons (Fsp3) is 0.167. The molecular weight excluding hydrogens is 308 g/mol. The number of alkyl carbamates (subject to hydrolysis) is 1. The van der Waals surface area contributed by atoms with Gasteiger partial charge in [0.25, 0.3) is 5.69 Å². The molecule has 0 unspecified atom stereocenters. The summed E-state index contributed by atoms with van der Waals surface area (Å²) < 4.78 is 5.08. The molecule has 124 valence electrons. The average molecular weight is 326 g/mol. The van der Waals surface area contributed by atoms with Crippen LogP contribution in [0.1, 0.15) is 16.7 Å². The number of carbonyl (C=O) groups is 1. The quantitative estimate of drug-likeness (QED) is 0.646. The van der Waals surface area contributed by atoms with Crippen molar-refractivity contribution in [2.75, 3.05) is 6.54 Å². The lowest BCUT2D eigenvalue weighted by Gasteiger charge is -2.05. The van der Waals surface area contributed by atoms with E-state index in [1.54, 1.807) is 31.2 Å². The molecule has 0 fully saturated rings. The highest BCUT2D eigenvalue weighted by molar-refractivity contribution is 5.67. The van der Waals surface area contributed by atoms with Crippen molar-refractivity contribution in [2.24, 2.45) is 0 Å². The average Bonchev–Trinajstić information content (AvgIpc) is 2.57. The molecule has 24 heavy (non-hydrogen) atoms. The van der Waals surface area contributed by atoms with Crippen LogP contribution in [0.3, 0.4) is 0 Å². The van der Waals surface area contributed by atoms with E-state index in [2.05, 4.69) is 5.32 Å². The number of nitrogens with one attached hydrogen (secondary N) is 1. The molecule has 1 amide bonds. The summed E-state index contributed by atoms with van der Waals surface area (Å²) in [5.41, 5.74) is 2.44. The monoisotopic (exact) mass is 326 g/mol. The van der Waals surface area contributed by atoms with E-state index in [4.69, 9.17) is 4.74 Å². The highest BCUT2D eigenvalue weighted by atomic mass is 16.6. The van der Waals surface area contributed by atoms with E-state index in [0.29, 0.717) is 12.1 Å². The van der Waals surface area contributed by atoms with E-state index >= 15 is 0 Å². The van der Waals surface area contributed by atoms with Gasteiger partial charge in [0.05, 0.1) is 4.92 Å². The minimum atomic E-state index is -0.497. The van der Waals surface area contributed by atoms with Gasteiger partial charge >= 0.3 is 6.09 Å². The number of hydrogen-bond acceptors (Lipinski definition) is 4. The van der Waals surface area contributed by atoms with Crippen molar-refractivity contribution in [3.63, 3.8) is 0 Å². The highest BCUT2D eigenvalue weighted by Crippen LogP contribution is 2.19. The summed E-state index contributed by atoms with van der Waals surface area (Å²) in [5, 5.41) is 13.4. The lowest BCUT2D eigenvalue weighted by Crippen LogP contribution is -2.24. The Hall–Kier alpha value is -3.15. The standard InChI is InChI=1S/C18H18N2O4/c1-14-12-15(9-10-17(14)20(22)23)8-5-11-19-18(21)24-13-16-6-3-2-4-7-16/h2-10,12H,11,13H2,1H3,(H,19,21). The second-order valence-corrected chi connectivity index (χ2v) is 5.15. The number of nitro groups is 1. The molecule has 1 N–H and O–H groups in total. The van der Waals surface area contributed by atoms with Crippen LogP contribution in [0.15, 0.2) is 54.6 Å². The summed E-state index contributed by atoms with van der Waals surface area (Å²) in [7, 11) is 0. The summed E-state index contributed by atoms with van der Waals surface area (Å²) in [6, 6.07) is 14.3. The van der Waals surface area contributed by atoms with Crippen molar-refractivity contribution < 1.29 is 14.5 Å². The zero-order valence-electron chi connectivity index (χ0n) is 13.3. The molecule has 0 heterocycles. The van der Waals surface area contributed by atoms with Crippen molar-refractivity contribution >= 4 is 17.9 Å². The van der Waals surface area contributed by atoms with Crippen molar-refractivity contribution in [1.82, 2.24) is 5.32 Å². The third-order valence-corrected chi connectivity index (χ3v) is 3.30. The van der Waals surface area contributed by atoms with Gasteiger partial charge in [-0.2, -0.15) is 0 Å². The topological polar surface area (TPSA) is 81.5 Å². The minimum Gasteiger partial charge on any atom is -0.445 e. The molecule has 0 aromatic heterocycles. The first-order valence-corrected chi connectivity index (χ1v) is 7.42. The molecular formula is C18H18N2O4.